The van der Waals surface area contributed by atoms with Gasteiger partial charge in [-0.2, -0.15) is 13.2 Å². The maximum Gasteiger partial charge on any atom is 0.431 e. The zero-order chi connectivity index (χ0) is 27.1. The Kier molecular flexibility index (Phi) is 6.54. The Morgan fingerprint density at radius 2 is 1.68 bits per heavy atom. The first-order valence-electron chi connectivity index (χ1n) is 12.2. The maximum absolute atomic E-state index is 14.8. The van der Waals surface area contributed by atoms with Gasteiger partial charge in [-0.25, -0.2) is 9.18 Å². The van der Waals surface area contributed by atoms with Gasteiger partial charge in [0.05, 0.1) is 0 Å². The molecule has 0 bridgehead atoms. The van der Waals surface area contributed by atoms with Crippen LogP contribution in [0.15, 0.2) is 66.7 Å². The average molecular weight is 531 g/mol. The lowest BCUT2D eigenvalue weighted by molar-refractivity contribution is -0.270. The van der Waals surface area contributed by atoms with E-state index in [0.29, 0.717) is 5.39 Å². The van der Waals surface area contributed by atoms with Crippen molar-refractivity contribution in [3.63, 3.8) is 0 Å². The highest BCUT2D eigenvalue weighted by Crippen LogP contribution is 2.48. The highest BCUT2D eigenvalue weighted by atomic mass is 19.4. The Hall–Kier alpha value is -3.66. The molecule has 5 rings (SSSR count). The largest absolute Gasteiger partial charge is 0.442 e. The number of alkyl halides is 3. The molecule has 2 saturated heterocycles. The van der Waals surface area contributed by atoms with Crippen LogP contribution in [-0.4, -0.2) is 55.4 Å². The van der Waals surface area contributed by atoms with Gasteiger partial charge in [-0.05, 0) is 28.5 Å². The number of nitrogens with one attached hydrogen (secondary N) is 1. The first kappa shape index (κ1) is 26.0. The van der Waals surface area contributed by atoms with E-state index in [1.807, 2.05) is 0 Å². The Morgan fingerprint density at radius 1 is 1.03 bits per heavy atom. The van der Waals surface area contributed by atoms with Crippen LogP contribution in [-0.2, 0) is 19.9 Å². The van der Waals surface area contributed by atoms with Crippen LogP contribution in [0.25, 0.3) is 10.8 Å². The van der Waals surface area contributed by atoms with Gasteiger partial charge in [0.2, 0.25) is 0 Å². The average Bonchev–Trinajstić information content (AvgIpc) is 2.90. The van der Waals surface area contributed by atoms with Crippen LogP contribution in [0.1, 0.15) is 29.9 Å². The summed E-state index contributed by atoms with van der Waals surface area (Å²) in [6, 6.07) is 16.7. The lowest BCUT2D eigenvalue weighted by atomic mass is 9.74. The molecule has 2 aliphatic rings. The summed E-state index contributed by atoms with van der Waals surface area (Å²) in [6.45, 7) is 0.0461. The molecule has 0 saturated carbocycles. The van der Waals surface area contributed by atoms with Gasteiger partial charge >= 0.3 is 12.3 Å². The Balaban J connectivity index is 1.48. The number of carbonyl (C=O) groups excluding carboxylic acids is 2. The van der Waals surface area contributed by atoms with Crippen molar-refractivity contribution >= 4 is 22.8 Å². The van der Waals surface area contributed by atoms with Crippen LogP contribution in [0.4, 0.5) is 22.4 Å². The number of halogens is 4. The molecule has 38 heavy (non-hydrogen) atoms. The third kappa shape index (κ3) is 4.16. The molecule has 0 aromatic heterocycles. The first-order chi connectivity index (χ1) is 18.1. The molecular formula is C28H26F4N2O4. The highest BCUT2D eigenvalue weighted by molar-refractivity contribution is 5.95. The second kappa shape index (κ2) is 9.58. The highest BCUT2D eigenvalue weighted by Gasteiger charge is 2.65. The molecule has 1 spiro atoms. The van der Waals surface area contributed by atoms with Crippen LogP contribution in [0.2, 0.25) is 0 Å². The molecule has 6 nitrogen and oxygen atoms in total. The number of likely N-dealkylation sites (tertiary alicyclic amines) is 1. The van der Waals surface area contributed by atoms with Crippen molar-refractivity contribution in [1.29, 1.82) is 0 Å². The van der Waals surface area contributed by atoms with Crippen molar-refractivity contribution in [1.82, 2.24) is 10.2 Å². The molecule has 0 radical (unpaired) electrons. The van der Waals surface area contributed by atoms with Crippen molar-refractivity contribution in [2.75, 3.05) is 26.7 Å². The van der Waals surface area contributed by atoms with E-state index < -0.39 is 35.2 Å². The summed E-state index contributed by atoms with van der Waals surface area (Å²) in [4.78, 5) is 27.1. The second-order valence-corrected chi connectivity index (χ2v) is 9.64. The van der Waals surface area contributed by atoms with E-state index in [0.717, 1.165) is 17.6 Å². The molecule has 2 atom stereocenters. The van der Waals surface area contributed by atoms with E-state index in [-0.39, 0.29) is 49.3 Å². The smallest absolute Gasteiger partial charge is 0.431 e. The van der Waals surface area contributed by atoms with Gasteiger partial charge < -0.3 is 19.7 Å². The molecule has 3 aromatic rings. The number of rotatable bonds is 4. The van der Waals surface area contributed by atoms with Crippen LogP contribution >= 0.6 is 0 Å². The standard InChI is InChI=1S/C28H26F4N2O4/c1-37-27(28(30,31)32,22-8-4-6-18-5-2-3-7-21(18)22)24(35)34-15-13-26(14-16-34)23(17-33-25(36)38-26)19-9-11-20(29)12-10-19/h2-12,23H,13-17H2,1H3,(H,33,36)/t23-,27-/m0/s1. The predicted octanol–water partition coefficient (Wildman–Crippen LogP) is 5.27. The van der Waals surface area contributed by atoms with Crippen LogP contribution < -0.4 is 5.32 Å². The van der Waals surface area contributed by atoms with E-state index in [1.54, 1.807) is 36.4 Å². The Bertz CT molecular complexity index is 1350. The normalized spacial score (nSPS) is 21.0. The molecular weight excluding hydrogens is 504 g/mol. The molecule has 2 amide bonds. The van der Waals surface area contributed by atoms with Crippen molar-refractivity contribution in [2.24, 2.45) is 0 Å². The second-order valence-electron chi connectivity index (χ2n) is 9.64. The fraction of sp³-hybridized carbons (Fsp3) is 0.357. The molecule has 0 aliphatic carbocycles. The number of hydrogen-bond donors (Lipinski definition) is 1. The van der Waals surface area contributed by atoms with Crippen molar-refractivity contribution in [3.8, 4) is 0 Å². The number of fused-ring (bicyclic) bond motifs is 1. The molecule has 2 aliphatic heterocycles. The summed E-state index contributed by atoms with van der Waals surface area (Å²) >= 11 is 0. The van der Waals surface area contributed by atoms with Crippen molar-refractivity contribution in [2.45, 2.75) is 36.1 Å². The molecule has 10 heteroatoms. The van der Waals surface area contributed by atoms with Crippen molar-refractivity contribution < 1.29 is 36.6 Å². The summed E-state index contributed by atoms with van der Waals surface area (Å²) in [5.41, 5.74) is -3.83. The van der Waals surface area contributed by atoms with Gasteiger partial charge in [0.1, 0.15) is 11.4 Å². The minimum Gasteiger partial charge on any atom is -0.442 e. The third-order valence-corrected chi connectivity index (χ3v) is 7.73. The van der Waals surface area contributed by atoms with E-state index in [2.05, 4.69) is 5.32 Å². The lowest BCUT2D eigenvalue weighted by Crippen LogP contribution is -2.62. The van der Waals surface area contributed by atoms with Gasteiger partial charge in [-0.15, -0.1) is 0 Å². The SMILES string of the molecule is CO[C@](C(=O)N1CCC2(CC1)OC(=O)NC[C@H]2c1ccc(F)cc1)(c1cccc2ccccc12)C(F)(F)F. The molecule has 0 unspecified atom stereocenters. The number of carbonyl (C=O) groups is 2. The minimum absolute atomic E-state index is 0.0875. The number of amides is 2. The zero-order valence-electron chi connectivity index (χ0n) is 20.6. The lowest BCUT2D eigenvalue weighted by Gasteiger charge is -2.49. The van der Waals surface area contributed by atoms with Gasteiger partial charge in [-0.1, -0.05) is 54.6 Å². The molecule has 1 N–H and O–H groups in total. The van der Waals surface area contributed by atoms with Gasteiger partial charge in [0.15, 0.2) is 0 Å². The first-order valence-corrected chi connectivity index (χ1v) is 12.2. The topological polar surface area (TPSA) is 67.9 Å². The number of benzene rings is 3. The number of hydrogen-bond acceptors (Lipinski definition) is 4. The van der Waals surface area contributed by atoms with Crippen LogP contribution in [0.5, 0.6) is 0 Å². The summed E-state index contributed by atoms with van der Waals surface area (Å²) in [5, 5.41) is 3.45. The Labute approximate surface area is 216 Å². The number of piperidine rings is 1. The minimum atomic E-state index is -5.06. The van der Waals surface area contributed by atoms with Crippen LogP contribution in [0.3, 0.4) is 0 Å². The zero-order valence-corrected chi connectivity index (χ0v) is 20.6. The fourth-order valence-corrected chi connectivity index (χ4v) is 5.78. The number of alkyl carbamates (subject to hydrolysis) is 1. The van der Waals surface area contributed by atoms with Gasteiger partial charge in [0.25, 0.3) is 11.5 Å². The number of methoxy groups -OCH3 is 1. The molecule has 2 heterocycles. The van der Waals surface area contributed by atoms with Gasteiger partial charge in [0, 0.05) is 51.1 Å². The van der Waals surface area contributed by atoms with Crippen molar-refractivity contribution in [3.05, 3.63) is 83.7 Å². The molecule has 2 fully saturated rings. The van der Waals surface area contributed by atoms with E-state index in [9.17, 15) is 27.2 Å². The van der Waals surface area contributed by atoms with Crippen LogP contribution in [0, 0.1) is 5.82 Å². The third-order valence-electron chi connectivity index (χ3n) is 7.73. The number of nitrogens with zero attached hydrogens (tertiary/aromatic N) is 1. The quantitative estimate of drug-likeness (QED) is 0.467. The summed E-state index contributed by atoms with van der Waals surface area (Å²) in [5.74, 6) is -2.01. The maximum atomic E-state index is 14.8. The predicted molar refractivity (Wildman–Crippen MR) is 131 cm³/mol. The summed E-state index contributed by atoms with van der Waals surface area (Å²) in [7, 11) is 0.887. The summed E-state index contributed by atoms with van der Waals surface area (Å²) in [6.07, 6.45) is -5.47. The Morgan fingerprint density at radius 3 is 2.34 bits per heavy atom. The summed E-state index contributed by atoms with van der Waals surface area (Å²) < 4.78 is 68.9. The molecule has 3 aromatic carbocycles. The molecule has 200 valence electrons. The van der Waals surface area contributed by atoms with Gasteiger partial charge in [-0.3, -0.25) is 4.79 Å². The number of ether oxygens (including phenoxy) is 2. The van der Waals surface area contributed by atoms with E-state index >= 15 is 0 Å². The van der Waals surface area contributed by atoms with E-state index in [4.69, 9.17) is 9.47 Å². The fourth-order valence-electron chi connectivity index (χ4n) is 5.78. The monoisotopic (exact) mass is 530 g/mol. The van der Waals surface area contributed by atoms with E-state index in [1.165, 1.54) is 30.3 Å².